The van der Waals surface area contributed by atoms with E-state index in [0.717, 1.165) is 28.0 Å². The Morgan fingerprint density at radius 1 is 1.17 bits per heavy atom. The van der Waals surface area contributed by atoms with Gasteiger partial charge in [0.2, 0.25) is 27.0 Å². The van der Waals surface area contributed by atoms with Crippen molar-refractivity contribution in [3.05, 3.63) is 30.3 Å². The minimum Gasteiger partial charge on any atom is -0.481 e. The molecule has 2 aliphatic heterocycles. The van der Waals surface area contributed by atoms with Crippen molar-refractivity contribution in [3.8, 4) is 5.69 Å². The van der Waals surface area contributed by atoms with Crippen LogP contribution >= 0.6 is 11.8 Å². The number of hydrazine groups is 1. The fraction of sp³-hybridized carbons (Fsp3) is 0.478. The summed E-state index contributed by atoms with van der Waals surface area (Å²) in [6.07, 6.45) is 0.407. The quantitative estimate of drug-likeness (QED) is 0.255. The maximum absolute atomic E-state index is 13.4. The highest BCUT2D eigenvalue weighted by atomic mass is 32.2. The Kier molecular flexibility index (Phi) is 9.34. The van der Waals surface area contributed by atoms with E-state index < -0.39 is 64.0 Å². The Morgan fingerprint density at radius 3 is 2.59 bits per heavy atom. The van der Waals surface area contributed by atoms with Gasteiger partial charge < -0.3 is 10.4 Å². The number of sulfonamides is 1. The number of aliphatic carboxylic acids is 1. The lowest BCUT2D eigenvalue weighted by Crippen LogP contribution is -2.64. The van der Waals surface area contributed by atoms with Crippen molar-refractivity contribution in [2.24, 2.45) is 0 Å². The third kappa shape index (κ3) is 7.44. The molecule has 0 saturated carbocycles. The van der Waals surface area contributed by atoms with Gasteiger partial charge in [0.1, 0.15) is 12.1 Å². The van der Waals surface area contributed by atoms with E-state index in [1.807, 2.05) is 6.07 Å². The Morgan fingerprint density at radius 2 is 1.90 bits per heavy atom. The second kappa shape index (κ2) is 12.7. The summed E-state index contributed by atoms with van der Waals surface area (Å²) in [4.78, 5) is 64.2. The zero-order valence-electron chi connectivity index (χ0n) is 21.9. The van der Waals surface area contributed by atoms with Gasteiger partial charge in [-0.1, -0.05) is 30.0 Å². The topological polar surface area (TPSA) is 214 Å². The minimum atomic E-state index is -3.81. The second-order valence-corrected chi connectivity index (χ2v) is 12.2. The first-order valence-electron chi connectivity index (χ1n) is 12.6. The first-order chi connectivity index (χ1) is 19.4. The molecule has 0 bridgehead atoms. The third-order valence-corrected chi connectivity index (χ3v) is 8.04. The molecule has 1 aromatic carbocycles. The Labute approximate surface area is 238 Å². The highest BCUT2D eigenvalue weighted by Gasteiger charge is 2.45. The number of carboxylic acids is 1. The summed E-state index contributed by atoms with van der Waals surface area (Å²) < 4.78 is 27.2. The number of carboxylic acid groups (broad SMARTS) is 1. The van der Waals surface area contributed by atoms with Crippen molar-refractivity contribution >= 4 is 51.3 Å². The lowest BCUT2D eigenvalue weighted by atomic mass is 10.0. The number of nitrogens with one attached hydrogen (secondary N) is 2. The number of carbonyl (C=O) groups excluding carboxylic acids is 4. The van der Waals surface area contributed by atoms with Crippen molar-refractivity contribution < 1.29 is 37.5 Å². The van der Waals surface area contributed by atoms with Crippen molar-refractivity contribution in [2.75, 3.05) is 18.6 Å². The van der Waals surface area contributed by atoms with Crippen LogP contribution in [0.25, 0.3) is 5.69 Å². The van der Waals surface area contributed by atoms with Crippen LogP contribution in [-0.4, -0.2) is 110 Å². The highest BCUT2D eigenvalue weighted by Crippen LogP contribution is 2.26. The van der Waals surface area contributed by atoms with Crippen LogP contribution in [0.3, 0.4) is 0 Å². The molecule has 3 unspecified atom stereocenters. The molecule has 3 atom stereocenters. The summed E-state index contributed by atoms with van der Waals surface area (Å²) in [5.74, 6) is -4.33. The average molecular weight is 609 g/mol. The van der Waals surface area contributed by atoms with Gasteiger partial charge >= 0.3 is 5.97 Å². The number of Topliss-reactive ketones (excluding diaryl/α,β-unsaturated/α-hetero) is 1. The first-order valence-corrected chi connectivity index (χ1v) is 15.4. The molecule has 18 heteroatoms. The van der Waals surface area contributed by atoms with Gasteiger partial charge in [0.15, 0.2) is 5.78 Å². The molecular weight excluding hydrogens is 580 g/mol. The molecule has 41 heavy (non-hydrogen) atoms. The van der Waals surface area contributed by atoms with Crippen LogP contribution in [0.2, 0.25) is 0 Å². The standard InChI is InChI=1S/C23H28N8O8S2/c1-41(38,39)26-15-9-10-19(33)29-11-5-8-17(31(29)22(15)37)21(36)24-16(12-20(34)35)18(32)13-40-23-25-27-28-30(23)14-6-3-2-4-7-14/h2-4,6-7,15-17,26H,5,8-13H2,1H3,(H,24,36)(H,34,35). The van der Waals surface area contributed by atoms with Crippen LogP contribution < -0.4 is 10.0 Å². The lowest BCUT2D eigenvalue weighted by Gasteiger charge is -2.43. The molecule has 2 aromatic rings. The number of tetrazole rings is 1. The third-order valence-electron chi connectivity index (χ3n) is 6.39. The molecule has 220 valence electrons. The Hall–Kier alpha value is -3.90. The van der Waals surface area contributed by atoms with E-state index >= 15 is 0 Å². The Balaban J connectivity index is 1.49. The van der Waals surface area contributed by atoms with Gasteiger partial charge in [-0.2, -0.15) is 4.68 Å². The summed E-state index contributed by atoms with van der Waals surface area (Å²) >= 11 is 0.952. The van der Waals surface area contributed by atoms with E-state index in [2.05, 4.69) is 25.6 Å². The summed E-state index contributed by atoms with van der Waals surface area (Å²) in [6.45, 7) is 0.143. The number of benzene rings is 1. The minimum absolute atomic E-state index is 0.0914. The van der Waals surface area contributed by atoms with Gasteiger partial charge in [-0.15, -0.1) is 5.10 Å². The largest absolute Gasteiger partial charge is 0.481 e. The smallest absolute Gasteiger partial charge is 0.305 e. The predicted octanol–water partition coefficient (Wildman–Crippen LogP) is -1.27. The molecule has 2 aliphatic rings. The van der Waals surface area contributed by atoms with Gasteiger partial charge in [-0.05, 0) is 41.8 Å². The zero-order chi connectivity index (χ0) is 29.7. The fourth-order valence-electron chi connectivity index (χ4n) is 4.56. The number of para-hydroxylation sites is 1. The van der Waals surface area contributed by atoms with Crippen LogP contribution in [0.1, 0.15) is 32.1 Å². The van der Waals surface area contributed by atoms with Crippen molar-refractivity contribution in [3.63, 3.8) is 0 Å². The summed E-state index contributed by atoms with van der Waals surface area (Å²) in [7, 11) is -3.81. The molecule has 0 aliphatic carbocycles. The van der Waals surface area contributed by atoms with Crippen LogP contribution in [0.15, 0.2) is 35.5 Å². The number of hydrogen-bond acceptors (Lipinski definition) is 11. The number of carbonyl (C=O) groups is 5. The fourth-order valence-corrected chi connectivity index (χ4v) is 6.13. The van der Waals surface area contributed by atoms with Crippen molar-refractivity contribution in [2.45, 2.75) is 55.4 Å². The number of aromatic nitrogens is 4. The van der Waals surface area contributed by atoms with Gasteiger partial charge in [0.25, 0.3) is 5.91 Å². The lowest BCUT2D eigenvalue weighted by molar-refractivity contribution is -0.176. The van der Waals surface area contributed by atoms with E-state index in [0.29, 0.717) is 12.1 Å². The SMILES string of the molecule is CS(=O)(=O)NC1CCC(=O)N2CCCC(C(=O)NC(CC(=O)O)C(=O)CSc3nnnn3-c3ccccc3)N2C1=O. The molecule has 1 aromatic heterocycles. The molecule has 16 nitrogen and oxygen atoms in total. The molecule has 0 radical (unpaired) electrons. The average Bonchev–Trinajstić information content (AvgIpc) is 3.36. The number of rotatable bonds is 11. The van der Waals surface area contributed by atoms with Crippen LogP contribution in [0, 0.1) is 0 Å². The number of hydrogen-bond donors (Lipinski definition) is 3. The molecule has 3 N–H and O–H groups in total. The second-order valence-electron chi connectivity index (χ2n) is 9.46. The molecule has 3 heterocycles. The van der Waals surface area contributed by atoms with Gasteiger partial charge in [-0.3, -0.25) is 29.0 Å². The van der Waals surface area contributed by atoms with E-state index in [9.17, 15) is 37.5 Å². The maximum Gasteiger partial charge on any atom is 0.305 e. The number of nitrogens with zero attached hydrogens (tertiary/aromatic N) is 6. The van der Waals surface area contributed by atoms with E-state index in [-0.39, 0.29) is 36.7 Å². The van der Waals surface area contributed by atoms with Crippen molar-refractivity contribution in [1.29, 1.82) is 0 Å². The monoisotopic (exact) mass is 608 g/mol. The molecule has 3 amide bonds. The van der Waals surface area contributed by atoms with E-state index in [1.54, 1.807) is 24.3 Å². The highest BCUT2D eigenvalue weighted by molar-refractivity contribution is 7.99. The number of ketones is 1. The van der Waals surface area contributed by atoms with Crippen LogP contribution in [-0.2, 0) is 34.0 Å². The summed E-state index contributed by atoms with van der Waals surface area (Å²) in [6, 6.07) is 4.91. The van der Waals surface area contributed by atoms with Gasteiger partial charge in [-0.25, -0.2) is 18.1 Å². The molecule has 0 spiro atoms. The number of fused-ring (bicyclic) bond motifs is 1. The molecule has 2 saturated heterocycles. The van der Waals surface area contributed by atoms with Crippen LogP contribution in [0.5, 0.6) is 0 Å². The molecule has 2 fully saturated rings. The summed E-state index contributed by atoms with van der Waals surface area (Å²) in [5, 5.41) is 25.6. The maximum atomic E-state index is 13.4. The van der Waals surface area contributed by atoms with E-state index in [4.69, 9.17) is 0 Å². The predicted molar refractivity (Wildman–Crippen MR) is 142 cm³/mol. The number of thioether (sulfide) groups is 1. The zero-order valence-corrected chi connectivity index (χ0v) is 23.5. The van der Waals surface area contributed by atoms with Crippen LogP contribution in [0.4, 0.5) is 0 Å². The van der Waals surface area contributed by atoms with Crippen molar-refractivity contribution in [1.82, 2.24) is 40.3 Å². The Bertz CT molecular complexity index is 1430. The van der Waals surface area contributed by atoms with Gasteiger partial charge in [0, 0.05) is 13.0 Å². The summed E-state index contributed by atoms with van der Waals surface area (Å²) in [5.41, 5.74) is 0.644. The molecular formula is C23H28N8O8S2. The number of amides is 3. The molecule has 4 rings (SSSR count). The first kappa shape index (κ1) is 30.1. The van der Waals surface area contributed by atoms with E-state index in [1.165, 1.54) is 4.68 Å². The normalized spacial score (nSPS) is 20.2. The van der Waals surface area contributed by atoms with Gasteiger partial charge in [0.05, 0.1) is 30.2 Å².